The van der Waals surface area contributed by atoms with Crippen LogP contribution >= 0.6 is 0 Å². The minimum atomic E-state index is -5.08. The number of carboxylic acid groups (broad SMARTS) is 1. The van der Waals surface area contributed by atoms with Crippen LogP contribution in [0.1, 0.15) is 0 Å². The van der Waals surface area contributed by atoms with Crippen molar-refractivity contribution in [2.45, 2.75) is 12.7 Å². The van der Waals surface area contributed by atoms with Gasteiger partial charge < -0.3 is 33.9 Å². The van der Waals surface area contributed by atoms with Crippen molar-refractivity contribution in [2.75, 3.05) is 34.6 Å². The lowest BCUT2D eigenvalue weighted by molar-refractivity contribution is -0.192. The Labute approximate surface area is 207 Å². The molecule has 0 saturated heterocycles. The lowest BCUT2D eigenvalue weighted by atomic mass is 10.0. The SMILES string of the molecule is CNCCn1c(=O)c2cc(OC)c(OC)cc2c2cnc3cc4c(cc3c21)OCO4.O=C(O)C(F)(F)F. The van der Waals surface area contributed by atoms with E-state index >= 15 is 0 Å². The summed E-state index contributed by atoms with van der Waals surface area (Å²) in [5.74, 6) is -0.377. The molecule has 13 heteroatoms. The van der Waals surface area contributed by atoms with Crippen molar-refractivity contribution in [1.82, 2.24) is 14.9 Å². The third kappa shape index (κ3) is 4.77. The highest BCUT2D eigenvalue weighted by Crippen LogP contribution is 2.40. The van der Waals surface area contributed by atoms with Crippen LogP contribution < -0.4 is 29.8 Å². The smallest absolute Gasteiger partial charge is 0.490 e. The third-order valence-corrected chi connectivity index (χ3v) is 5.72. The maximum absolute atomic E-state index is 13.6. The number of carboxylic acids is 1. The van der Waals surface area contributed by atoms with Crippen LogP contribution in [0.3, 0.4) is 0 Å². The average molecular weight is 521 g/mol. The number of pyridine rings is 2. The highest BCUT2D eigenvalue weighted by atomic mass is 19.4. The van der Waals surface area contributed by atoms with E-state index in [1.165, 1.54) is 0 Å². The molecule has 1 aliphatic rings. The zero-order valence-corrected chi connectivity index (χ0v) is 19.9. The Bertz CT molecular complexity index is 1570. The number of nitrogens with one attached hydrogen (secondary N) is 1. The van der Waals surface area contributed by atoms with Crippen LogP contribution in [-0.2, 0) is 11.3 Å². The van der Waals surface area contributed by atoms with Gasteiger partial charge in [0.15, 0.2) is 23.0 Å². The standard InChI is InChI=1S/C22H21N3O5.C2HF3O2/c1-23-4-5-25-21-14-8-19-20(30-11-29-19)9-16(14)24-10-15(21)12-6-17(27-2)18(28-3)7-13(12)22(25)26;3-2(4,5)1(6)7/h6-10,23H,4-5,11H2,1-3H3;(H,6,7). The van der Waals surface area contributed by atoms with Crippen molar-refractivity contribution in [2.24, 2.45) is 0 Å². The van der Waals surface area contributed by atoms with Crippen LogP contribution in [0, 0.1) is 0 Å². The van der Waals surface area contributed by atoms with Gasteiger partial charge in [0.1, 0.15) is 0 Å². The number of likely N-dealkylation sites (N-methyl/N-ethyl adjacent to an activating group) is 1. The normalized spacial score (nSPS) is 12.5. The molecule has 2 aromatic carbocycles. The second-order valence-electron chi connectivity index (χ2n) is 7.86. The highest BCUT2D eigenvalue weighted by molar-refractivity contribution is 6.15. The first-order valence-corrected chi connectivity index (χ1v) is 10.9. The van der Waals surface area contributed by atoms with Crippen molar-refractivity contribution < 1.29 is 42.0 Å². The number of hydrogen-bond donors (Lipinski definition) is 2. The Morgan fingerprint density at radius 2 is 1.65 bits per heavy atom. The van der Waals surface area contributed by atoms with E-state index in [1.54, 1.807) is 31.0 Å². The molecule has 2 N–H and O–H groups in total. The summed E-state index contributed by atoms with van der Waals surface area (Å²) in [5, 5.41) is 13.3. The Balaban J connectivity index is 0.000000405. The quantitative estimate of drug-likeness (QED) is 0.381. The van der Waals surface area contributed by atoms with E-state index in [0.29, 0.717) is 41.5 Å². The molecule has 2 aromatic heterocycles. The number of rotatable bonds is 5. The topological polar surface area (TPSA) is 121 Å². The first-order valence-electron chi connectivity index (χ1n) is 10.9. The van der Waals surface area contributed by atoms with E-state index in [2.05, 4.69) is 10.3 Å². The Morgan fingerprint density at radius 3 is 2.22 bits per heavy atom. The molecule has 0 atom stereocenters. The summed E-state index contributed by atoms with van der Waals surface area (Å²) >= 11 is 0. The Kier molecular flexibility index (Phi) is 6.99. The van der Waals surface area contributed by atoms with Gasteiger partial charge >= 0.3 is 12.1 Å². The van der Waals surface area contributed by atoms with Crippen molar-refractivity contribution >= 4 is 38.5 Å². The number of hydrogen-bond acceptors (Lipinski definition) is 8. The van der Waals surface area contributed by atoms with E-state index in [0.717, 1.165) is 27.2 Å². The summed E-state index contributed by atoms with van der Waals surface area (Å²) in [6, 6.07) is 7.31. The lowest BCUT2D eigenvalue weighted by Crippen LogP contribution is -2.26. The fourth-order valence-electron chi connectivity index (χ4n) is 4.02. The number of aromatic nitrogens is 2. The molecule has 0 fully saturated rings. The van der Waals surface area contributed by atoms with Crippen LogP contribution in [0.15, 0.2) is 35.3 Å². The predicted octanol–water partition coefficient (Wildman–Crippen LogP) is 3.30. The third-order valence-electron chi connectivity index (χ3n) is 5.72. The van der Waals surface area contributed by atoms with Crippen LogP contribution in [-0.4, -0.2) is 61.4 Å². The summed E-state index contributed by atoms with van der Waals surface area (Å²) < 4.78 is 55.5. The zero-order valence-electron chi connectivity index (χ0n) is 19.9. The number of alkyl halides is 3. The Morgan fingerprint density at radius 1 is 1.05 bits per heavy atom. The summed E-state index contributed by atoms with van der Waals surface area (Å²) in [4.78, 5) is 27.1. The summed E-state index contributed by atoms with van der Waals surface area (Å²) in [6.45, 7) is 1.32. The summed E-state index contributed by atoms with van der Waals surface area (Å²) in [5.41, 5.74) is 1.45. The predicted molar refractivity (Wildman–Crippen MR) is 128 cm³/mol. The number of benzene rings is 2. The van der Waals surface area contributed by atoms with E-state index < -0.39 is 12.1 Å². The molecule has 0 radical (unpaired) electrons. The number of methoxy groups -OCH3 is 2. The van der Waals surface area contributed by atoms with Crippen molar-refractivity contribution in [3.8, 4) is 23.0 Å². The molecule has 0 bridgehead atoms. The molecule has 4 aromatic rings. The minimum Gasteiger partial charge on any atom is -0.493 e. The van der Waals surface area contributed by atoms with E-state index in [-0.39, 0.29) is 12.4 Å². The van der Waals surface area contributed by atoms with Crippen molar-refractivity contribution in [1.29, 1.82) is 0 Å². The monoisotopic (exact) mass is 521 g/mol. The van der Waals surface area contributed by atoms with Gasteiger partial charge in [-0.05, 0) is 25.2 Å². The number of fused-ring (bicyclic) bond motifs is 6. The maximum atomic E-state index is 13.6. The van der Waals surface area contributed by atoms with E-state index in [1.807, 2.05) is 25.2 Å². The van der Waals surface area contributed by atoms with Gasteiger partial charge in [-0.2, -0.15) is 13.2 Å². The fourth-order valence-corrected chi connectivity index (χ4v) is 4.02. The van der Waals surface area contributed by atoms with Crippen LogP contribution in [0.4, 0.5) is 13.2 Å². The second-order valence-corrected chi connectivity index (χ2v) is 7.86. The number of nitrogens with zero attached hydrogens (tertiary/aromatic N) is 2. The molecular formula is C24H22F3N3O7. The number of ether oxygens (including phenoxy) is 4. The molecule has 0 unspecified atom stereocenters. The molecule has 1 aliphatic heterocycles. The molecule has 0 aliphatic carbocycles. The van der Waals surface area contributed by atoms with Gasteiger partial charge in [-0.1, -0.05) is 0 Å². The zero-order chi connectivity index (χ0) is 26.9. The first kappa shape index (κ1) is 25.8. The van der Waals surface area contributed by atoms with Crippen LogP contribution in [0.2, 0.25) is 0 Å². The highest BCUT2D eigenvalue weighted by Gasteiger charge is 2.38. The average Bonchev–Trinajstić information content (AvgIpc) is 3.33. The largest absolute Gasteiger partial charge is 0.493 e. The Hall–Kier alpha value is -4.26. The minimum absolute atomic E-state index is 0.0983. The van der Waals surface area contributed by atoms with Gasteiger partial charge in [-0.3, -0.25) is 9.78 Å². The molecule has 5 rings (SSSR count). The van der Waals surface area contributed by atoms with Gasteiger partial charge in [0.2, 0.25) is 6.79 Å². The van der Waals surface area contributed by atoms with Gasteiger partial charge in [0.05, 0.1) is 30.6 Å². The summed E-state index contributed by atoms with van der Waals surface area (Å²) in [6.07, 6.45) is -3.29. The molecule has 37 heavy (non-hydrogen) atoms. The lowest BCUT2D eigenvalue weighted by Gasteiger charge is -2.17. The van der Waals surface area contributed by atoms with Crippen LogP contribution in [0.25, 0.3) is 32.6 Å². The fraction of sp³-hybridized carbons (Fsp3) is 0.292. The van der Waals surface area contributed by atoms with E-state index in [9.17, 15) is 18.0 Å². The van der Waals surface area contributed by atoms with Gasteiger partial charge in [0, 0.05) is 41.5 Å². The number of halogens is 3. The second kappa shape index (κ2) is 10.0. The molecule has 0 saturated carbocycles. The van der Waals surface area contributed by atoms with Crippen molar-refractivity contribution in [3.05, 3.63) is 40.8 Å². The number of carbonyl (C=O) groups is 1. The summed E-state index contributed by atoms with van der Waals surface area (Å²) in [7, 11) is 5.00. The molecule has 10 nitrogen and oxygen atoms in total. The molecule has 196 valence electrons. The molecule has 0 spiro atoms. The van der Waals surface area contributed by atoms with Crippen molar-refractivity contribution in [3.63, 3.8) is 0 Å². The van der Waals surface area contributed by atoms with Crippen LogP contribution in [0.5, 0.6) is 23.0 Å². The van der Waals surface area contributed by atoms with Gasteiger partial charge in [-0.15, -0.1) is 0 Å². The molecular weight excluding hydrogens is 499 g/mol. The first-order chi connectivity index (χ1) is 17.6. The number of aliphatic carboxylic acids is 1. The molecule has 3 heterocycles. The van der Waals surface area contributed by atoms with Gasteiger partial charge in [-0.25, -0.2) is 4.79 Å². The van der Waals surface area contributed by atoms with Gasteiger partial charge in [0.25, 0.3) is 5.56 Å². The maximum Gasteiger partial charge on any atom is 0.490 e. The van der Waals surface area contributed by atoms with E-state index in [4.69, 9.17) is 28.8 Å². The molecule has 0 amide bonds.